The second-order valence-corrected chi connectivity index (χ2v) is 14.2. The van der Waals surface area contributed by atoms with Crippen molar-refractivity contribution in [1.29, 1.82) is 0 Å². The molecule has 7 heteroatoms. The molecule has 2 saturated carbocycles. The van der Waals surface area contributed by atoms with Crippen LogP contribution in [-0.2, 0) is 14.4 Å². The molecule has 1 aromatic carbocycles. The van der Waals surface area contributed by atoms with E-state index in [0.29, 0.717) is 18.4 Å². The highest BCUT2D eigenvalue weighted by atomic mass is 16.3. The molecule has 45 heavy (non-hydrogen) atoms. The Labute approximate surface area is 267 Å². The minimum Gasteiger partial charge on any atom is -0.506 e. The molecule has 2 fully saturated rings. The summed E-state index contributed by atoms with van der Waals surface area (Å²) in [7, 11) is 0. The summed E-state index contributed by atoms with van der Waals surface area (Å²) in [5.41, 5.74) is -1.07. The van der Waals surface area contributed by atoms with E-state index in [1.54, 1.807) is 13.0 Å². The molecule has 4 atom stereocenters. The number of allylic oxidation sites excluding steroid dienone is 7. The Morgan fingerprint density at radius 3 is 2.00 bits per heavy atom. The lowest BCUT2D eigenvalue weighted by molar-refractivity contribution is -0.176. The van der Waals surface area contributed by atoms with Gasteiger partial charge in [0.15, 0.2) is 28.8 Å². The lowest BCUT2D eigenvalue weighted by atomic mass is 9.38. The van der Waals surface area contributed by atoms with Crippen LogP contribution in [0.3, 0.4) is 0 Å². The van der Waals surface area contributed by atoms with Gasteiger partial charge in [0.25, 0.3) is 0 Å². The zero-order chi connectivity index (χ0) is 34.1. The molecular formula is C38H50O7. The average Bonchev–Trinajstić information content (AvgIpc) is 2.95. The number of aliphatic hydroxyl groups is 2. The molecule has 0 saturated heterocycles. The van der Waals surface area contributed by atoms with E-state index in [9.17, 15) is 30.0 Å². The number of hydrogen-bond acceptors (Lipinski definition) is 7. The molecule has 0 amide bonds. The minimum absolute atomic E-state index is 0.0234. The molecule has 0 spiro atoms. The van der Waals surface area contributed by atoms with Crippen LogP contribution >= 0.6 is 0 Å². The maximum absolute atomic E-state index is 15.0. The fraction of sp³-hybridized carbons (Fsp3) is 0.500. The number of Topliss-reactive ketones (excluding diaryl/α,β-unsaturated/α-hetero) is 3. The van der Waals surface area contributed by atoms with Crippen molar-refractivity contribution in [2.45, 2.75) is 101 Å². The summed E-state index contributed by atoms with van der Waals surface area (Å²) in [5.74, 6) is -3.74. The van der Waals surface area contributed by atoms with Gasteiger partial charge >= 0.3 is 0 Å². The van der Waals surface area contributed by atoms with Crippen LogP contribution in [0.1, 0.15) is 100.0 Å². The van der Waals surface area contributed by atoms with Crippen molar-refractivity contribution in [2.75, 3.05) is 0 Å². The van der Waals surface area contributed by atoms with Gasteiger partial charge in [-0.2, -0.15) is 0 Å². The predicted molar refractivity (Wildman–Crippen MR) is 178 cm³/mol. The van der Waals surface area contributed by atoms with Crippen molar-refractivity contribution in [1.82, 2.24) is 0 Å². The molecule has 0 radical (unpaired) electrons. The monoisotopic (exact) mass is 618 g/mol. The summed E-state index contributed by atoms with van der Waals surface area (Å²) in [6.07, 6.45) is 7.90. The van der Waals surface area contributed by atoms with Crippen molar-refractivity contribution in [3.8, 4) is 11.5 Å². The highest BCUT2D eigenvalue weighted by molar-refractivity contribution is 6.41. The summed E-state index contributed by atoms with van der Waals surface area (Å²) in [4.78, 5) is 44.6. The van der Waals surface area contributed by atoms with E-state index in [1.807, 2.05) is 67.5 Å². The summed E-state index contributed by atoms with van der Waals surface area (Å²) in [5, 5.41) is 42.5. The normalized spacial score (nSPS) is 26.2. The Hall–Kier alpha value is -3.71. The van der Waals surface area contributed by atoms with Gasteiger partial charge in [-0.3, -0.25) is 14.4 Å². The molecule has 244 valence electrons. The van der Waals surface area contributed by atoms with Crippen molar-refractivity contribution in [2.24, 2.45) is 22.2 Å². The van der Waals surface area contributed by atoms with E-state index in [-0.39, 0.29) is 30.7 Å². The molecule has 7 nitrogen and oxygen atoms in total. The smallest absolute Gasteiger partial charge is 0.184 e. The topological polar surface area (TPSA) is 132 Å². The Bertz CT molecular complexity index is 1520. The first-order valence-corrected chi connectivity index (χ1v) is 15.7. The zero-order valence-corrected chi connectivity index (χ0v) is 28.2. The third-order valence-electron chi connectivity index (χ3n) is 9.97. The molecule has 0 heterocycles. The van der Waals surface area contributed by atoms with Crippen LogP contribution < -0.4 is 0 Å². The maximum atomic E-state index is 15.0. The molecule has 2 aliphatic carbocycles. The van der Waals surface area contributed by atoms with Crippen LogP contribution in [0, 0.1) is 22.2 Å². The van der Waals surface area contributed by atoms with E-state index >= 15 is 4.79 Å². The molecule has 3 rings (SSSR count). The Balaban J connectivity index is 2.40. The zero-order valence-electron chi connectivity index (χ0n) is 28.2. The lowest BCUT2D eigenvalue weighted by Gasteiger charge is -2.60. The van der Waals surface area contributed by atoms with Gasteiger partial charge < -0.3 is 20.4 Å². The Morgan fingerprint density at radius 1 is 0.844 bits per heavy atom. The fourth-order valence-electron chi connectivity index (χ4n) is 6.83. The van der Waals surface area contributed by atoms with E-state index in [0.717, 1.165) is 22.8 Å². The fourth-order valence-corrected chi connectivity index (χ4v) is 6.83. The van der Waals surface area contributed by atoms with Crippen molar-refractivity contribution >= 4 is 23.1 Å². The number of carbonyl (C=O) groups is 3. The number of benzene rings is 1. The van der Waals surface area contributed by atoms with E-state index in [4.69, 9.17) is 0 Å². The van der Waals surface area contributed by atoms with Crippen LogP contribution in [0.25, 0.3) is 5.76 Å². The van der Waals surface area contributed by atoms with Crippen LogP contribution in [0.4, 0.5) is 0 Å². The highest BCUT2D eigenvalue weighted by Crippen LogP contribution is 2.65. The largest absolute Gasteiger partial charge is 0.506 e. The van der Waals surface area contributed by atoms with Gasteiger partial charge in [-0.05, 0) is 116 Å². The third-order valence-corrected chi connectivity index (χ3v) is 9.97. The average molecular weight is 619 g/mol. The maximum Gasteiger partial charge on any atom is 0.184 e. The quantitative estimate of drug-likeness (QED) is 0.0524. The summed E-state index contributed by atoms with van der Waals surface area (Å²) >= 11 is 0. The first kappa shape index (κ1) is 35.8. The summed E-state index contributed by atoms with van der Waals surface area (Å²) in [6, 6.07) is 3.57. The molecule has 0 aromatic heterocycles. The molecule has 4 N–H and O–H groups in total. The predicted octanol–water partition coefficient (Wildman–Crippen LogP) is 7.87. The molecule has 1 aromatic rings. The van der Waals surface area contributed by atoms with Crippen molar-refractivity contribution in [3.63, 3.8) is 0 Å². The summed E-state index contributed by atoms with van der Waals surface area (Å²) < 4.78 is 0. The van der Waals surface area contributed by atoms with Gasteiger partial charge in [-0.15, -0.1) is 0 Å². The second-order valence-electron chi connectivity index (χ2n) is 14.2. The number of phenolic OH excluding ortho intramolecular Hbond substituents is 2. The van der Waals surface area contributed by atoms with Gasteiger partial charge in [0, 0.05) is 5.56 Å². The van der Waals surface area contributed by atoms with Gasteiger partial charge in [-0.1, -0.05) is 54.9 Å². The standard InChI is InChI=1S/C38H50O7/c1-22(2)10-13-27-21-37(18-17-25(7)28(39)14-11-23(3)4)33(43)31(32(42)26-12-15-29(40)30(41)20-26)34(44)38(35(37)45,36(27,8)9)19-16-24(5)6/h10-12,15-17,20,27-28,39-42H,13-14,18-19,21H2,1-9H3/b25-17+,32-31-/t27-,28+,37-,38-/m1/s1. The number of carbonyl (C=O) groups excluding carboxylic acids is 3. The first-order valence-electron chi connectivity index (χ1n) is 15.7. The third kappa shape index (κ3) is 6.51. The van der Waals surface area contributed by atoms with Crippen molar-refractivity contribution in [3.05, 3.63) is 75.9 Å². The number of aromatic hydroxyl groups is 2. The van der Waals surface area contributed by atoms with Gasteiger partial charge in [-0.25, -0.2) is 0 Å². The highest BCUT2D eigenvalue weighted by Gasteiger charge is 2.73. The first-order chi connectivity index (χ1) is 20.8. The van der Waals surface area contributed by atoms with Crippen molar-refractivity contribution < 1.29 is 34.8 Å². The number of phenols is 2. The number of hydrogen-bond donors (Lipinski definition) is 4. The van der Waals surface area contributed by atoms with Gasteiger partial charge in [0.2, 0.25) is 0 Å². The van der Waals surface area contributed by atoms with E-state index in [2.05, 4.69) is 6.08 Å². The molecular weight excluding hydrogens is 568 g/mol. The second kappa shape index (κ2) is 13.3. The van der Waals surface area contributed by atoms with Crippen LogP contribution in [0.5, 0.6) is 11.5 Å². The van der Waals surface area contributed by atoms with Gasteiger partial charge in [0.1, 0.15) is 16.7 Å². The Kier molecular flexibility index (Phi) is 10.6. The number of fused-ring (bicyclic) bond motifs is 2. The molecule has 0 aliphatic heterocycles. The molecule has 0 unspecified atom stereocenters. The SMILES string of the molecule is CC(C)=CC[C@@H]1C[C@]2(C/C=C(\C)[C@@H](O)CC=C(C)C)C(=O)/C(=C(/O)c3ccc(O)c(O)c3)C(=O)[C@](CC=C(C)C)(C2=O)C1(C)C. The molecule has 2 aliphatic rings. The molecule has 2 bridgehead atoms. The number of rotatable bonds is 10. The Morgan fingerprint density at radius 2 is 1.44 bits per heavy atom. The number of ketones is 3. The summed E-state index contributed by atoms with van der Waals surface area (Å²) in [6.45, 7) is 17.2. The van der Waals surface area contributed by atoms with Crippen LogP contribution in [0.15, 0.2) is 70.4 Å². The van der Waals surface area contributed by atoms with Crippen LogP contribution in [-0.4, -0.2) is 43.9 Å². The number of aliphatic hydroxyl groups excluding tert-OH is 2. The lowest BCUT2D eigenvalue weighted by Crippen LogP contribution is -2.69. The minimum atomic E-state index is -1.67. The van der Waals surface area contributed by atoms with Gasteiger partial charge in [0.05, 0.1) is 11.5 Å². The van der Waals surface area contributed by atoms with E-state index < -0.39 is 62.5 Å². The van der Waals surface area contributed by atoms with E-state index in [1.165, 1.54) is 12.1 Å². The van der Waals surface area contributed by atoms with Crippen LogP contribution in [0.2, 0.25) is 0 Å².